The summed E-state index contributed by atoms with van der Waals surface area (Å²) in [5.74, 6) is 0.0682. The van der Waals surface area contributed by atoms with E-state index in [2.05, 4.69) is 10.1 Å². The molecule has 0 aliphatic carbocycles. The van der Waals surface area contributed by atoms with Crippen molar-refractivity contribution in [2.75, 3.05) is 26.2 Å². The van der Waals surface area contributed by atoms with E-state index in [1.807, 2.05) is 70.8 Å². The molecule has 1 aliphatic heterocycles. The van der Waals surface area contributed by atoms with E-state index in [1.165, 1.54) is 0 Å². The van der Waals surface area contributed by atoms with Gasteiger partial charge in [-0.2, -0.15) is 5.10 Å². The highest BCUT2D eigenvalue weighted by molar-refractivity contribution is 5.94. The van der Waals surface area contributed by atoms with Gasteiger partial charge in [0.1, 0.15) is 0 Å². The van der Waals surface area contributed by atoms with E-state index in [4.69, 9.17) is 0 Å². The smallest absolute Gasteiger partial charge is 0.253 e. The molecule has 154 valence electrons. The average molecular weight is 403 g/mol. The SMILES string of the molecule is Cc1cc(C)n(-c2ccc(C(=O)N3CCN(C(=O)Cc4cccnc4)CC3)cc2)n1. The summed E-state index contributed by atoms with van der Waals surface area (Å²) in [6, 6.07) is 13.3. The minimum absolute atomic E-state index is 0.00530. The second kappa shape index (κ2) is 8.49. The second-order valence-electron chi connectivity index (χ2n) is 7.60. The lowest BCUT2D eigenvalue weighted by molar-refractivity contribution is -0.131. The molecule has 0 N–H and O–H groups in total. The molecule has 3 heterocycles. The van der Waals surface area contributed by atoms with Crippen LogP contribution in [0.25, 0.3) is 5.69 Å². The zero-order chi connectivity index (χ0) is 21.1. The first kappa shape index (κ1) is 19.8. The van der Waals surface area contributed by atoms with Gasteiger partial charge in [-0.25, -0.2) is 4.68 Å². The Morgan fingerprint density at radius 3 is 2.27 bits per heavy atom. The number of hydrogen-bond donors (Lipinski definition) is 0. The number of pyridine rings is 1. The maximum Gasteiger partial charge on any atom is 0.253 e. The van der Waals surface area contributed by atoms with Crippen molar-refractivity contribution in [2.24, 2.45) is 0 Å². The van der Waals surface area contributed by atoms with E-state index < -0.39 is 0 Å². The van der Waals surface area contributed by atoms with Crippen LogP contribution < -0.4 is 0 Å². The lowest BCUT2D eigenvalue weighted by Crippen LogP contribution is -2.51. The van der Waals surface area contributed by atoms with Crippen LogP contribution >= 0.6 is 0 Å². The molecule has 1 aromatic carbocycles. The molecule has 0 radical (unpaired) electrons. The highest BCUT2D eigenvalue weighted by Crippen LogP contribution is 2.15. The van der Waals surface area contributed by atoms with Crippen molar-refractivity contribution in [3.63, 3.8) is 0 Å². The highest BCUT2D eigenvalue weighted by atomic mass is 16.2. The quantitative estimate of drug-likeness (QED) is 0.671. The Morgan fingerprint density at radius 1 is 0.967 bits per heavy atom. The molecule has 1 aliphatic rings. The fourth-order valence-corrected chi connectivity index (χ4v) is 3.77. The maximum atomic E-state index is 12.9. The number of hydrogen-bond acceptors (Lipinski definition) is 4. The highest BCUT2D eigenvalue weighted by Gasteiger charge is 2.25. The van der Waals surface area contributed by atoms with Gasteiger partial charge in [0.15, 0.2) is 0 Å². The van der Waals surface area contributed by atoms with E-state index in [9.17, 15) is 9.59 Å². The Labute approximate surface area is 175 Å². The number of aryl methyl sites for hydroxylation is 2. The molecule has 1 saturated heterocycles. The van der Waals surface area contributed by atoms with Crippen molar-refractivity contribution in [2.45, 2.75) is 20.3 Å². The van der Waals surface area contributed by atoms with Gasteiger partial charge in [0, 0.05) is 49.8 Å². The van der Waals surface area contributed by atoms with E-state index >= 15 is 0 Å². The standard InChI is InChI=1S/C23H25N5O2/c1-17-14-18(2)28(25-17)21-7-5-20(6-8-21)23(30)27-12-10-26(11-13-27)22(29)15-19-4-3-9-24-16-19/h3-9,14,16H,10-13,15H2,1-2H3. The van der Waals surface area contributed by atoms with E-state index in [-0.39, 0.29) is 11.8 Å². The lowest BCUT2D eigenvalue weighted by atomic mass is 10.1. The Balaban J connectivity index is 1.35. The number of carbonyl (C=O) groups is 2. The number of rotatable bonds is 4. The summed E-state index contributed by atoms with van der Waals surface area (Å²) >= 11 is 0. The van der Waals surface area contributed by atoms with Gasteiger partial charge >= 0.3 is 0 Å². The van der Waals surface area contributed by atoms with E-state index in [1.54, 1.807) is 12.4 Å². The summed E-state index contributed by atoms with van der Waals surface area (Å²) in [5, 5.41) is 4.48. The first-order valence-corrected chi connectivity index (χ1v) is 10.1. The van der Waals surface area contributed by atoms with Crippen LogP contribution in [0.4, 0.5) is 0 Å². The van der Waals surface area contributed by atoms with Crippen LogP contribution in [0.3, 0.4) is 0 Å². The van der Waals surface area contributed by atoms with Crippen LogP contribution in [-0.2, 0) is 11.2 Å². The third kappa shape index (κ3) is 4.25. The molecule has 30 heavy (non-hydrogen) atoms. The summed E-state index contributed by atoms with van der Waals surface area (Å²) in [6.07, 6.45) is 3.76. The van der Waals surface area contributed by atoms with Crippen molar-refractivity contribution in [1.82, 2.24) is 24.6 Å². The van der Waals surface area contributed by atoms with Gasteiger partial charge in [-0.15, -0.1) is 0 Å². The number of aromatic nitrogens is 3. The first-order valence-electron chi connectivity index (χ1n) is 10.1. The van der Waals surface area contributed by atoms with Gasteiger partial charge in [-0.05, 0) is 55.8 Å². The topological polar surface area (TPSA) is 71.3 Å². The molecule has 0 bridgehead atoms. The minimum atomic E-state index is -0.00530. The summed E-state index contributed by atoms with van der Waals surface area (Å²) in [5.41, 5.74) is 4.50. The van der Waals surface area contributed by atoms with Gasteiger partial charge in [0.25, 0.3) is 5.91 Å². The van der Waals surface area contributed by atoms with E-state index in [0.717, 1.165) is 22.6 Å². The van der Waals surface area contributed by atoms with Gasteiger partial charge in [-0.3, -0.25) is 14.6 Å². The molecule has 4 rings (SSSR count). The predicted octanol–water partition coefficient (Wildman–Crippen LogP) is 2.41. The van der Waals surface area contributed by atoms with Crippen LogP contribution in [0, 0.1) is 13.8 Å². The predicted molar refractivity (Wildman–Crippen MR) is 113 cm³/mol. The molecule has 7 heteroatoms. The fourth-order valence-electron chi connectivity index (χ4n) is 3.77. The van der Waals surface area contributed by atoms with Crippen molar-refractivity contribution < 1.29 is 9.59 Å². The van der Waals surface area contributed by atoms with Gasteiger partial charge < -0.3 is 9.80 Å². The molecular formula is C23H25N5O2. The molecule has 2 aromatic heterocycles. The molecule has 3 aromatic rings. The third-order valence-electron chi connectivity index (χ3n) is 5.37. The molecule has 1 fully saturated rings. The Bertz CT molecular complexity index is 1040. The van der Waals surface area contributed by atoms with Crippen LogP contribution in [0.1, 0.15) is 27.3 Å². The van der Waals surface area contributed by atoms with Crippen molar-refractivity contribution in [3.05, 3.63) is 77.4 Å². The largest absolute Gasteiger partial charge is 0.339 e. The number of nitrogens with zero attached hydrogens (tertiary/aromatic N) is 5. The van der Waals surface area contributed by atoms with E-state index in [0.29, 0.717) is 38.2 Å². The average Bonchev–Trinajstić information content (AvgIpc) is 3.12. The number of benzene rings is 1. The lowest BCUT2D eigenvalue weighted by Gasteiger charge is -2.35. The molecule has 0 spiro atoms. The van der Waals surface area contributed by atoms with Crippen LogP contribution in [0.5, 0.6) is 0 Å². The second-order valence-corrected chi connectivity index (χ2v) is 7.60. The molecular weight excluding hydrogens is 378 g/mol. The van der Waals surface area contributed by atoms with Crippen LogP contribution in [0.2, 0.25) is 0 Å². The normalized spacial score (nSPS) is 14.1. The first-order chi connectivity index (χ1) is 14.5. The summed E-state index contributed by atoms with van der Waals surface area (Å²) < 4.78 is 1.87. The zero-order valence-electron chi connectivity index (χ0n) is 17.3. The van der Waals surface area contributed by atoms with Crippen molar-refractivity contribution in [3.8, 4) is 5.69 Å². The van der Waals surface area contributed by atoms with Crippen molar-refractivity contribution in [1.29, 1.82) is 0 Å². The molecule has 0 saturated carbocycles. The Kier molecular flexibility index (Phi) is 5.61. The van der Waals surface area contributed by atoms with Crippen LogP contribution in [0.15, 0.2) is 54.9 Å². The molecule has 2 amide bonds. The summed E-state index contributed by atoms with van der Waals surface area (Å²) in [4.78, 5) is 33.1. The van der Waals surface area contributed by atoms with Gasteiger partial charge in [0.2, 0.25) is 5.91 Å². The van der Waals surface area contributed by atoms with Gasteiger partial charge in [0.05, 0.1) is 17.8 Å². The number of carbonyl (C=O) groups excluding carboxylic acids is 2. The monoisotopic (exact) mass is 403 g/mol. The number of piperazine rings is 1. The minimum Gasteiger partial charge on any atom is -0.339 e. The van der Waals surface area contributed by atoms with Crippen LogP contribution in [-0.4, -0.2) is 62.6 Å². The summed E-state index contributed by atoms with van der Waals surface area (Å²) in [6.45, 7) is 6.15. The molecule has 7 nitrogen and oxygen atoms in total. The number of amides is 2. The fraction of sp³-hybridized carbons (Fsp3) is 0.304. The molecule has 0 unspecified atom stereocenters. The Hall–Kier alpha value is -3.48. The third-order valence-corrected chi connectivity index (χ3v) is 5.37. The Morgan fingerprint density at radius 2 is 1.67 bits per heavy atom. The van der Waals surface area contributed by atoms with Gasteiger partial charge in [-0.1, -0.05) is 6.07 Å². The summed E-state index contributed by atoms with van der Waals surface area (Å²) in [7, 11) is 0. The zero-order valence-corrected chi connectivity index (χ0v) is 17.3. The maximum absolute atomic E-state index is 12.9. The van der Waals surface area contributed by atoms with Crippen molar-refractivity contribution >= 4 is 11.8 Å². The molecule has 0 atom stereocenters.